The van der Waals surface area contributed by atoms with E-state index in [9.17, 15) is 9.59 Å². The Kier molecular flexibility index (Phi) is 17.9. The Labute approximate surface area is 451 Å². The normalized spacial score (nSPS) is 21.6. The Balaban J connectivity index is 0.000000211. The van der Waals surface area contributed by atoms with Gasteiger partial charge in [0.2, 0.25) is 0 Å². The highest BCUT2D eigenvalue weighted by Crippen LogP contribution is 2.43. The van der Waals surface area contributed by atoms with Crippen molar-refractivity contribution in [2.24, 2.45) is 0 Å². The van der Waals surface area contributed by atoms with Gasteiger partial charge in [-0.2, -0.15) is 10.2 Å². The van der Waals surface area contributed by atoms with Gasteiger partial charge in [0, 0.05) is 87.1 Å². The third-order valence-electron chi connectivity index (χ3n) is 14.8. The van der Waals surface area contributed by atoms with E-state index in [1.807, 2.05) is 130 Å². The number of halogens is 1. The van der Waals surface area contributed by atoms with Gasteiger partial charge in [-0.1, -0.05) is 14.9 Å². The van der Waals surface area contributed by atoms with Gasteiger partial charge in [0.25, 0.3) is 0 Å². The lowest BCUT2D eigenvalue weighted by molar-refractivity contribution is 0.00578. The number of hydrogen-bond acceptors (Lipinski definition) is 14. The summed E-state index contributed by atoms with van der Waals surface area (Å²) in [6.45, 7) is 41.3. The van der Waals surface area contributed by atoms with Gasteiger partial charge in [0.1, 0.15) is 11.2 Å². The quantitative estimate of drug-likeness (QED) is 0.178. The molecular formula is C52H86B3BrN8O10. The molecule has 22 heteroatoms. The van der Waals surface area contributed by atoms with Crippen molar-refractivity contribution in [3.05, 3.63) is 53.5 Å². The minimum Gasteiger partial charge on any atom is -0.444 e. The summed E-state index contributed by atoms with van der Waals surface area (Å²) in [5.74, 6) is 0. The van der Waals surface area contributed by atoms with Crippen LogP contribution >= 0.6 is 15.9 Å². The Morgan fingerprint density at radius 1 is 0.527 bits per heavy atom. The monoisotopic (exact) mass is 1090 g/mol. The zero-order chi connectivity index (χ0) is 53.2. The van der Waals surface area contributed by atoms with E-state index in [0.29, 0.717) is 26.2 Å². The van der Waals surface area contributed by atoms with Gasteiger partial charge in [-0.3, -0.25) is 0 Å². The lowest BCUT2D eigenvalue weighted by Crippen LogP contribution is -2.50. The predicted molar refractivity (Wildman–Crippen MR) is 299 cm³/mol. The van der Waals surface area contributed by atoms with Crippen molar-refractivity contribution in [3.63, 3.8) is 0 Å². The lowest BCUT2D eigenvalue weighted by Gasteiger charge is -2.36. The van der Waals surface area contributed by atoms with E-state index in [0.717, 1.165) is 58.5 Å². The summed E-state index contributed by atoms with van der Waals surface area (Å²) in [6, 6.07) is 8.19. The molecule has 4 aromatic rings. The van der Waals surface area contributed by atoms with Gasteiger partial charge < -0.3 is 57.0 Å². The van der Waals surface area contributed by atoms with E-state index in [1.165, 1.54) is 0 Å². The van der Waals surface area contributed by atoms with Crippen LogP contribution in [0, 0.1) is 0 Å². The fourth-order valence-corrected chi connectivity index (χ4v) is 8.95. The van der Waals surface area contributed by atoms with Crippen molar-refractivity contribution in [1.82, 2.24) is 29.0 Å². The minimum atomic E-state index is -0.485. The Bertz CT molecular complexity index is 2500. The summed E-state index contributed by atoms with van der Waals surface area (Å²) < 4.78 is 52.0. The van der Waals surface area contributed by atoms with E-state index in [-0.39, 0.29) is 60.6 Å². The lowest BCUT2D eigenvalue weighted by atomic mass is 9.49. The average Bonchev–Trinajstić information content (AvgIpc) is 4.02. The zero-order valence-electron chi connectivity index (χ0n) is 46.0. The van der Waals surface area contributed by atoms with Crippen LogP contribution in [-0.4, -0.2) is 160 Å². The highest BCUT2D eigenvalue weighted by atomic mass is 79.9. The van der Waals surface area contributed by atoms with E-state index in [1.54, 1.807) is 22.2 Å². The summed E-state index contributed by atoms with van der Waals surface area (Å²) in [6.07, 6.45) is 7.03. The van der Waals surface area contributed by atoms with E-state index in [2.05, 4.69) is 75.8 Å². The predicted octanol–water partition coefficient (Wildman–Crippen LogP) is 9.37. The van der Waals surface area contributed by atoms with Crippen molar-refractivity contribution < 1.29 is 47.0 Å². The van der Waals surface area contributed by atoms with Gasteiger partial charge in [0.15, 0.2) is 0 Å². The summed E-state index contributed by atoms with van der Waals surface area (Å²) in [5.41, 5.74) is 2.07. The van der Waals surface area contributed by atoms with Crippen LogP contribution in [0.1, 0.15) is 139 Å². The maximum atomic E-state index is 12.4. The standard InChI is InChI=1S/C22H33BN4O4.C16H21BrN4O2.C12H24B2O4.2CH4/c1-20(2,3)29-19(28)26-12-10-25(11-13-26)17-8-9-24-27-15-16(14-18(17)27)23-30-21(4,5)22(6,7)31-23;1-16(2,3)23-15(22)20-8-6-19(7-9-20)13-4-5-18-21-11-12(17)10-14(13)21;1-9(2)10(3,4)16-13(15-9)14-17-11(5,6)12(7,8)18-14;;/h8-9,14-15H,10-13H2,1-7H3;4-5,10-11H,6-9H2,1-3H3;1-8H3;2*1H4. The van der Waals surface area contributed by atoms with Crippen LogP contribution < -0.4 is 15.3 Å². The van der Waals surface area contributed by atoms with Crippen LogP contribution in [0.4, 0.5) is 21.0 Å². The first-order valence-electron chi connectivity index (χ1n) is 25.2. The number of fused-ring (bicyclic) bond motifs is 2. The third kappa shape index (κ3) is 13.4. The summed E-state index contributed by atoms with van der Waals surface area (Å²) in [7, 11) is -1.38. The maximum Gasteiger partial charge on any atom is 0.496 e. The molecule has 5 aliphatic rings. The van der Waals surface area contributed by atoms with Crippen LogP contribution in [-0.2, 0) is 37.4 Å². The van der Waals surface area contributed by atoms with Crippen molar-refractivity contribution >= 4 is 77.1 Å². The molecule has 5 aliphatic heterocycles. The number of carbonyl (C=O) groups is 2. The van der Waals surface area contributed by atoms with Gasteiger partial charge in [-0.05, 0) is 165 Å². The molecule has 0 aliphatic carbocycles. The molecule has 0 spiro atoms. The highest BCUT2D eigenvalue weighted by molar-refractivity contribution is 9.10. The molecule has 9 rings (SSSR count). The van der Waals surface area contributed by atoms with Crippen LogP contribution in [0.15, 0.2) is 53.5 Å². The summed E-state index contributed by atoms with van der Waals surface area (Å²) in [5, 5.41) is 8.80. The molecule has 0 N–H and O–H groups in total. The largest absolute Gasteiger partial charge is 0.496 e. The third-order valence-corrected chi connectivity index (χ3v) is 15.2. The number of carbonyl (C=O) groups excluding carboxylic acids is 2. The van der Waals surface area contributed by atoms with Crippen molar-refractivity contribution in [2.75, 3.05) is 62.2 Å². The number of hydrogen-bond donors (Lipinski definition) is 0. The van der Waals surface area contributed by atoms with Crippen LogP contribution in [0.3, 0.4) is 0 Å². The molecular weight excluding hydrogens is 1010 g/mol. The number of ether oxygens (including phenoxy) is 2. The molecule has 410 valence electrons. The molecule has 0 unspecified atom stereocenters. The fourth-order valence-electron chi connectivity index (χ4n) is 8.54. The molecule has 0 radical (unpaired) electrons. The second-order valence-corrected chi connectivity index (χ2v) is 25.2. The van der Waals surface area contributed by atoms with Crippen molar-refractivity contribution in [2.45, 2.75) is 184 Å². The molecule has 0 aromatic carbocycles. The molecule has 0 atom stereocenters. The first-order valence-corrected chi connectivity index (χ1v) is 26.0. The SMILES string of the molecule is C.C.CC(C)(C)OC(=O)N1CCN(c2ccnn3cc(B4OC(C)(C)C(C)(C)O4)cc23)CC1.CC(C)(C)OC(=O)N1CCN(c2ccnn3cc(Br)cc23)CC1.CC1(C)OB(B2OC(C)(C)C(C)(C)O2)OC1(C)C. The second-order valence-electron chi connectivity index (χ2n) is 24.3. The van der Waals surface area contributed by atoms with E-state index < -0.39 is 32.3 Å². The average molecular weight is 1100 g/mol. The van der Waals surface area contributed by atoms with Crippen LogP contribution in [0.25, 0.3) is 11.0 Å². The van der Waals surface area contributed by atoms with Crippen molar-refractivity contribution in [1.29, 1.82) is 0 Å². The van der Waals surface area contributed by atoms with E-state index >= 15 is 0 Å². The Morgan fingerprint density at radius 2 is 0.851 bits per heavy atom. The number of piperazine rings is 2. The van der Waals surface area contributed by atoms with Gasteiger partial charge in [0.05, 0.1) is 56.0 Å². The number of aromatic nitrogens is 4. The fraction of sp³-hybridized carbons (Fsp3) is 0.692. The van der Waals surface area contributed by atoms with E-state index in [4.69, 9.17) is 37.4 Å². The molecule has 18 nitrogen and oxygen atoms in total. The topological polar surface area (TPSA) is 156 Å². The summed E-state index contributed by atoms with van der Waals surface area (Å²) >= 11 is 3.49. The van der Waals surface area contributed by atoms with Crippen LogP contribution in [0.5, 0.6) is 0 Å². The Hall–Kier alpha value is -4.05. The molecule has 0 saturated carbocycles. The maximum absolute atomic E-state index is 12.4. The second kappa shape index (κ2) is 21.8. The molecule has 5 saturated heterocycles. The first-order chi connectivity index (χ1) is 33.1. The molecule has 2 amide bonds. The zero-order valence-corrected chi connectivity index (χ0v) is 47.6. The summed E-state index contributed by atoms with van der Waals surface area (Å²) in [4.78, 5) is 32.6. The highest BCUT2D eigenvalue weighted by Gasteiger charge is 2.64. The van der Waals surface area contributed by atoms with Gasteiger partial charge >= 0.3 is 33.3 Å². The molecule has 0 bridgehead atoms. The first kappa shape index (κ1) is 60.8. The number of amides is 2. The molecule has 9 heterocycles. The van der Waals surface area contributed by atoms with Gasteiger partial charge in [-0.15, -0.1) is 0 Å². The Morgan fingerprint density at radius 3 is 1.20 bits per heavy atom. The minimum absolute atomic E-state index is 0. The number of nitrogens with zero attached hydrogens (tertiary/aromatic N) is 8. The smallest absolute Gasteiger partial charge is 0.444 e. The van der Waals surface area contributed by atoms with Crippen LogP contribution in [0.2, 0.25) is 0 Å². The number of rotatable bonds is 4. The van der Waals surface area contributed by atoms with Gasteiger partial charge in [-0.25, -0.2) is 18.6 Å². The number of anilines is 2. The van der Waals surface area contributed by atoms with Crippen molar-refractivity contribution in [3.8, 4) is 0 Å². The molecule has 5 fully saturated rings. The molecule has 74 heavy (non-hydrogen) atoms. The molecule has 4 aromatic heterocycles.